The number of amides is 1. The second-order valence-electron chi connectivity index (χ2n) is 4.44. The minimum Gasteiger partial charge on any atom is -0.345 e. The van der Waals surface area contributed by atoms with Crippen molar-refractivity contribution in [2.75, 3.05) is 10.6 Å². The Labute approximate surface area is 145 Å². The Bertz CT molecular complexity index is 860. The number of benzene rings is 1. The Morgan fingerprint density at radius 2 is 2.17 bits per heavy atom. The van der Waals surface area contributed by atoms with E-state index in [0.29, 0.717) is 5.82 Å². The topological polar surface area (TPSA) is 121 Å². The number of nitro groups is 1. The molecular weight excluding hydrogens is 378 g/mol. The Morgan fingerprint density at radius 3 is 2.83 bits per heavy atom. The fourth-order valence-electron chi connectivity index (χ4n) is 1.67. The van der Waals surface area contributed by atoms with E-state index >= 15 is 0 Å². The largest absolute Gasteiger partial charge is 0.345 e. The Morgan fingerprint density at radius 1 is 1.38 bits per heavy atom. The van der Waals surface area contributed by atoms with Crippen LogP contribution in [0.25, 0.3) is 0 Å². The van der Waals surface area contributed by atoms with Crippen LogP contribution in [0.3, 0.4) is 0 Å². The predicted molar refractivity (Wildman–Crippen MR) is 91.0 cm³/mol. The van der Waals surface area contributed by atoms with E-state index in [9.17, 15) is 14.9 Å². The maximum Gasteiger partial charge on any atom is 0.271 e. The molecule has 0 atom stereocenters. The van der Waals surface area contributed by atoms with Gasteiger partial charge in [-0.1, -0.05) is 22.0 Å². The summed E-state index contributed by atoms with van der Waals surface area (Å²) in [7, 11) is 0. The molecule has 8 nitrogen and oxygen atoms in total. The zero-order chi connectivity index (χ0) is 17.5. The molecule has 2 N–H and O–H groups in total. The predicted octanol–water partition coefficient (Wildman–Crippen LogP) is 3.21. The number of nitrogens with zero attached hydrogens (tertiary/aromatic N) is 3. The first-order chi connectivity index (χ1) is 11.5. The van der Waals surface area contributed by atoms with Crippen LogP contribution in [0.15, 0.2) is 58.8 Å². The SMILES string of the molecule is N#C/C(=C/Nc1cc(Br)ccn1)C(=O)Nc1cccc([N+](=O)[O-])c1. The van der Waals surface area contributed by atoms with Crippen molar-refractivity contribution in [3.8, 4) is 6.07 Å². The molecule has 1 aromatic carbocycles. The summed E-state index contributed by atoms with van der Waals surface area (Å²) < 4.78 is 0.785. The van der Waals surface area contributed by atoms with Crippen molar-refractivity contribution in [1.29, 1.82) is 5.26 Å². The van der Waals surface area contributed by atoms with E-state index in [1.54, 1.807) is 24.4 Å². The average molecular weight is 388 g/mol. The molecule has 1 aromatic heterocycles. The summed E-state index contributed by atoms with van der Waals surface area (Å²) >= 11 is 3.28. The molecule has 2 rings (SSSR count). The average Bonchev–Trinajstić information content (AvgIpc) is 2.55. The zero-order valence-corrected chi connectivity index (χ0v) is 13.6. The summed E-state index contributed by atoms with van der Waals surface area (Å²) in [5.41, 5.74) is -0.147. The van der Waals surface area contributed by atoms with Gasteiger partial charge in [-0.2, -0.15) is 5.26 Å². The van der Waals surface area contributed by atoms with E-state index in [4.69, 9.17) is 5.26 Å². The van der Waals surface area contributed by atoms with Crippen molar-refractivity contribution in [2.24, 2.45) is 0 Å². The van der Waals surface area contributed by atoms with Gasteiger partial charge in [-0.25, -0.2) is 4.98 Å². The van der Waals surface area contributed by atoms with Gasteiger partial charge >= 0.3 is 0 Å². The van der Waals surface area contributed by atoms with Gasteiger partial charge in [-0.3, -0.25) is 14.9 Å². The van der Waals surface area contributed by atoms with Gasteiger partial charge in [-0.05, 0) is 18.2 Å². The van der Waals surface area contributed by atoms with E-state index in [0.717, 1.165) is 4.47 Å². The number of carbonyl (C=O) groups excluding carboxylic acids is 1. The smallest absolute Gasteiger partial charge is 0.271 e. The summed E-state index contributed by atoms with van der Waals surface area (Å²) in [5, 5.41) is 25.0. The van der Waals surface area contributed by atoms with E-state index in [2.05, 4.69) is 31.5 Å². The number of rotatable bonds is 5. The molecule has 1 amide bonds. The van der Waals surface area contributed by atoms with Crippen LogP contribution in [0.2, 0.25) is 0 Å². The lowest BCUT2D eigenvalue weighted by molar-refractivity contribution is -0.384. The highest BCUT2D eigenvalue weighted by Crippen LogP contribution is 2.18. The van der Waals surface area contributed by atoms with Crippen molar-refractivity contribution in [2.45, 2.75) is 0 Å². The lowest BCUT2D eigenvalue weighted by Crippen LogP contribution is -2.14. The molecule has 0 bridgehead atoms. The minimum atomic E-state index is -0.694. The summed E-state index contributed by atoms with van der Waals surface area (Å²) in [6.45, 7) is 0. The number of aromatic nitrogens is 1. The number of carbonyl (C=O) groups is 1. The number of anilines is 2. The molecule has 0 radical (unpaired) electrons. The maximum absolute atomic E-state index is 12.1. The molecule has 0 fully saturated rings. The van der Waals surface area contributed by atoms with Gasteiger partial charge in [0.1, 0.15) is 17.5 Å². The van der Waals surface area contributed by atoms with Gasteiger partial charge in [0.2, 0.25) is 0 Å². The van der Waals surface area contributed by atoms with E-state index in [1.165, 1.54) is 30.5 Å². The molecular formula is C15H10BrN5O3. The van der Waals surface area contributed by atoms with Crippen molar-refractivity contribution in [3.63, 3.8) is 0 Å². The van der Waals surface area contributed by atoms with Crippen molar-refractivity contribution < 1.29 is 9.72 Å². The lowest BCUT2D eigenvalue weighted by Gasteiger charge is -2.05. The number of pyridine rings is 1. The monoisotopic (exact) mass is 387 g/mol. The van der Waals surface area contributed by atoms with Crippen LogP contribution in [0.5, 0.6) is 0 Å². The molecule has 0 saturated heterocycles. The van der Waals surface area contributed by atoms with Crippen molar-refractivity contribution >= 4 is 39.0 Å². The normalized spacial score (nSPS) is 10.6. The Hall–Kier alpha value is -3.25. The fourth-order valence-corrected chi connectivity index (χ4v) is 2.01. The van der Waals surface area contributed by atoms with Gasteiger partial charge in [0, 0.05) is 34.7 Å². The first-order valence-corrected chi connectivity index (χ1v) is 7.33. The Kier molecular flexibility index (Phi) is 5.59. The van der Waals surface area contributed by atoms with Crippen molar-refractivity contribution in [1.82, 2.24) is 4.98 Å². The maximum atomic E-state index is 12.1. The van der Waals surface area contributed by atoms with Crippen LogP contribution in [0, 0.1) is 21.4 Å². The third kappa shape index (κ3) is 4.62. The van der Waals surface area contributed by atoms with Crippen LogP contribution in [0.1, 0.15) is 0 Å². The first kappa shape index (κ1) is 17.1. The number of nitro benzene ring substituents is 1. The Balaban J connectivity index is 2.11. The lowest BCUT2D eigenvalue weighted by atomic mass is 10.2. The van der Waals surface area contributed by atoms with Gasteiger partial charge in [0.05, 0.1) is 4.92 Å². The van der Waals surface area contributed by atoms with Gasteiger partial charge in [0.15, 0.2) is 0 Å². The number of halogens is 1. The molecule has 120 valence electrons. The highest BCUT2D eigenvalue weighted by Gasteiger charge is 2.12. The summed E-state index contributed by atoms with van der Waals surface area (Å²) in [5.74, 6) is -0.249. The van der Waals surface area contributed by atoms with Crippen LogP contribution in [-0.2, 0) is 4.79 Å². The van der Waals surface area contributed by atoms with Crippen LogP contribution in [0.4, 0.5) is 17.2 Å². The molecule has 0 spiro atoms. The highest BCUT2D eigenvalue weighted by molar-refractivity contribution is 9.10. The third-order valence-corrected chi connectivity index (χ3v) is 3.26. The standard InChI is InChI=1S/C15H10BrN5O3/c16-11-4-5-18-14(6-11)19-9-10(8-17)15(22)20-12-2-1-3-13(7-12)21(23)24/h1-7,9H,(H,18,19)(H,20,22)/b10-9-. The van der Waals surface area contributed by atoms with E-state index < -0.39 is 10.8 Å². The number of nitrogens with one attached hydrogen (secondary N) is 2. The van der Waals surface area contributed by atoms with Gasteiger partial charge in [0.25, 0.3) is 11.6 Å². The molecule has 2 aromatic rings. The zero-order valence-electron chi connectivity index (χ0n) is 12.1. The molecule has 0 unspecified atom stereocenters. The number of non-ortho nitro benzene ring substituents is 1. The minimum absolute atomic E-state index is 0.160. The van der Waals surface area contributed by atoms with Crippen molar-refractivity contribution in [3.05, 3.63) is 69.0 Å². The molecule has 0 aliphatic carbocycles. The van der Waals surface area contributed by atoms with Crippen LogP contribution < -0.4 is 10.6 Å². The highest BCUT2D eigenvalue weighted by atomic mass is 79.9. The molecule has 24 heavy (non-hydrogen) atoms. The number of nitriles is 1. The summed E-state index contributed by atoms with van der Waals surface area (Å²) in [6.07, 6.45) is 2.76. The quantitative estimate of drug-likeness (QED) is 0.351. The number of hydrogen-bond donors (Lipinski definition) is 2. The van der Waals surface area contributed by atoms with E-state index in [-0.39, 0.29) is 16.9 Å². The molecule has 1 heterocycles. The third-order valence-electron chi connectivity index (χ3n) is 2.77. The van der Waals surface area contributed by atoms with Crippen LogP contribution >= 0.6 is 15.9 Å². The fraction of sp³-hybridized carbons (Fsp3) is 0. The molecule has 0 aliphatic rings. The number of hydrogen-bond acceptors (Lipinski definition) is 6. The molecule has 0 saturated carbocycles. The summed E-state index contributed by atoms with van der Waals surface area (Å²) in [6, 6.07) is 10.6. The van der Waals surface area contributed by atoms with Gasteiger partial charge in [-0.15, -0.1) is 0 Å². The first-order valence-electron chi connectivity index (χ1n) is 6.54. The second-order valence-corrected chi connectivity index (χ2v) is 5.35. The van der Waals surface area contributed by atoms with E-state index in [1.807, 2.05) is 0 Å². The van der Waals surface area contributed by atoms with Crippen LogP contribution in [-0.4, -0.2) is 15.8 Å². The second kappa shape index (κ2) is 7.85. The summed E-state index contributed by atoms with van der Waals surface area (Å²) in [4.78, 5) is 26.2. The molecule has 9 heteroatoms. The van der Waals surface area contributed by atoms with Gasteiger partial charge < -0.3 is 10.6 Å². The molecule has 0 aliphatic heterocycles.